The summed E-state index contributed by atoms with van der Waals surface area (Å²) in [5.74, 6) is 1.41. The average Bonchev–Trinajstić information content (AvgIpc) is 3.23. The molecule has 1 saturated heterocycles. The Labute approximate surface area is 167 Å². The fraction of sp³-hybridized carbons (Fsp3) is 0.417. The Kier molecular flexibility index (Phi) is 5.21. The van der Waals surface area contributed by atoms with Crippen LogP contribution in [0.15, 0.2) is 42.5 Å². The number of nitrogens with zero attached hydrogens (tertiary/aromatic N) is 3. The van der Waals surface area contributed by atoms with Gasteiger partial charge in [-0.2, -0.15) is 0 Å². The maximum atomic E-state index is 12.9. The molecule has 2 heterocycles. The number of aryl methyl sites for hydroxylation is 3. The molecule has 0 N–H and O–H groups in total. The van der Waals surface area contributed by atoms with Gasteiger partial charge in [0, 0.05) is 31.1 Å². The van der Waals surface area contributed by atoms with Crippen molar-refractivity contribution in [1.29, 1.82) is 0 Å². The summed E-state index contributed by atoms with van der Waals surface area (Å²) in [5.41, 5.74) is 5.61. The number of carbonyl (C=O) groups is 1. The summed E-state index contributed by atoms with van der Waals surface area (Å²) in [5, 5.41) is 0. The summed E-state index contributed by atoms with van der Waals surface area (Å²) < 4.78 is 2.36. The number of aromatic nitrogens is 2. The Morgan fingerprint density at radius 2 is 1.79 bits per heavy atom. The van der Waals surface area contributed by atoms with Gasteiger partial charge in [-0.05, 0) is 43.5 Å². The second-order valence-electron chi connectivity index (χ2n) is 7.96. The van der Waals surface area contributed by atoms with Crippen LogP contribution in [0.3, 0.4) is 0 Å². The van der Waals surface area contributed by atoms with Crippen LogP contribution in [0.4, 0.5) is 5.69 Å². The Bertz CT molecular complexity index is 984. The molecule has 0 saturated carbocycles. The predicted octanol–water partition coefficient (Wildman–Crippen LogP) is 5.36. The topological polar surface area (TPSA) is 38.1 Å². The van der Waals surface area contributed by atoms with E-state index in [1.54, 1.807) is 0 Å². The van der Waals surface area contributed by atoms with Crippen molar-refractivity contribution in [2.75, 3.05) is 11.4 Å². The summed E-state index contributed by atoms with van der Waals surface area (Å²) in [6.07, 6.45) is 4.09. The zero-order valence-electron chi connectivity index (χ0n) is 17.1. The highest BCUT2D eigenvalue weighted by Crippen LogP contribution is 2.36. The van der Waals surface area contributed by atoms with Gasteiger partial charge >= 0.3 is 0 Å². The van der Waals surface area contributed by atoms with E-state index < -0.39 is 0 Å². The van der Waals surface area contributed by atoms with Gasteiger partial charge in [0.25, 0.3) is 0 Å². The molecule has 3 aromatic rings. The molecule has 0 radical (unpaired) electrons. The monoisotopic (exact) mass is 375 g/mol. The minimum Gasteiger partial charge on any atom is -0.328 e. The molecule has 2 aromatic carbocycles. The average molecular weight is 376 g/mol. The lowest BCUT2D eigenvalue weighted by molar-refractivity contribution is -0.117. The molecule has 1 fully saturated rings. The first-order valence-corrected chi connectivity index (χ1v) is 10.4. The van der Waals surface area contributed by atoms with Gasteiger partial charge in [-0.1, -0.05) is 50.1 Å². The molecule has 1 aliphatic rings. The summed E-state index contributed by atoms with van der Waals surface area (Å²) in [7, 11) is 0. The zero-order valence-corrected chi connectivity index (χ0v) is 17.1. The third-order valence-electron chi connectivity index (χ3n) is 5.87. The van der Waals surface area contributed by atoms with Gasteiger partial charge in [0.15, 0.2) is 0 Å². The van der Waals surface area contributed by atoms with Crippen LogP contribution in [-0.4, -0.2) is 22.0 Å². The maximum absolute atomic E-state index is 12.9. The number of hydrogen-bond acceptors (Lipinski definition) is 2. The Morgan fingerprint density at radius 1 is 1.04 bits per heavy atom. The summed E-state index contributed by atoms with van der Waals surface area (Å²) in [6, 6.07) is 14.6. The van der Waals surface area contributed by atoms with Crippen LogP contribution < -0.4 is 4.90 Å². The minimum absolute atomic E-state index is 0.139. The lowest BCUT2D eigenvalue weighted by Gasteiger charge is -2.21. The van der Waals surface area contributed by atoms with E-state index in [-0.39, 0.29) is 11.8 Å². The van der Waals surface area contributed by atoms with E-state index >= 15 is 0 Å². The molecule has 146 valence electrons. The zero-order chi connectivity index (χ0) is 19.7. The number of carbonyl (C=O) groups excluding carboxylic acids is 1. The Balaban J connectivity index is 1.69. The van der Waals surface area contributed by atoms with Crippen LogP contribution in [0.5, 0.6) is 0 Å². The van der Waals surface area contributed by atoms with Gasteiger partial charge in [0.1, 0.15) is 5.82 Å². The quantitative estimate of drug-likeness (QED) is 0.544. The largest absolute Gasteiger partial charge is 0.328 e. The Morgan fingerprint density at radius 3 is 2.54 bits per heavy atom. The number of rotatable bonds is 6. The van der Waals surface area contributed by atoms with Crippen molar-refractivity contribution in [3.63, 3.8) is 0 Å². The molecule has 1 aromatic heterocycles. The number of hydrogen-bond donors (Lipinski definition) is 0. The molecule has 0 aliphatic carbocycles. The lowest BCUT2D eigenvalue weighted by Crippen LogP contribution is -2.26. The van der Waals surface area contributed by atoms with Crippen molar-refractivity contribution in [2.24, 2.45) is 0 Å². The molecule has 4 heteroatoms. The first-order chi connectivity index (χ1) is 13.6. The normalized spacial score (nSPS) is 17.0. The van der Waals surface area contributed by atoms with E-state index in [4.69, 9.17) is 4.98 Å². The molecule has 0 spiro atoms. The first-order valence-electron chi connectivity index (χ1n) is 10.4. The standard InChI is InChI=1S/C24H29N3O/c1-4-5-8-14-26-21-13-7-6-12-20(21)25-24(26)19-15-22(28)27(16-19)23-17(2)10-9-11-18(23)3/h6-7,9-13,19H,4-5,8,14-16H2,1-3H3/t19-/m0/s1. The van der Waals surface area contributed by atoms with Crippen LogP contribution in [0.25, 0.3) is 11.0 Å². The summed E-state index contributed by atoms with van der Waals surface area (Å²) >= 11 is 0. The van der Waals surface area contributed by atoms with E-state index in [1.165, 1.54) is 18.4 Å². The van der Waals surface area contributed by atoms with Crippen molar-refractivity contribution in [3.05, 3.63) is 59.4 Å². The molecule has 0 unspecified atom stereocenters. The number of para-hydroxylation sites is 3. The molecule has 1 amide bonds. The highest BCUT2D eigenvalue weighted by atomic mass is 16.2. The number of amides is 1. The van der Waals surface area contributed by atoms with Gasteiger partial charge in [-0.25, -0.2) is 4.98 Å². The van der Waals surface area contributed by atoms with Gasteiger partial charge in [0.05, 0.1) is 11.0 Å². The maximum Gasteiger partial charge on any atom is 0.227 e. The fourth-order valence-corrected chi connectivity index (χ4v) is 4.49. The molecule has 4 nitrogen and oxygen atoms in total. The summed E-state index contributed by atoms with van der Waals surface area (Å²) in [4.78, 5) is 19.9. The van der Waals surface area contributed by atoms with Crippen molar-refractivity contribution >= 4 is 22.6 Å². The van der Waals surface area contributed by atoms with Gasteiger partial charge in [0.2, 0.25) is 5.91 Å². The van der Waals surface area contributed by atoms with Crippen LogP contribution >= 0.6 is 0 Å². The van der Waals surface area contributed by atoms with Crippen molar-refractivity contribution < 1.29 is 4.79 Å². The number of imidazole rings is 1. The van der Waals surface area contributed by atoms with Crippen molar-refractivity contribution in [2.45, 2.75) is 58.9 Å². The molecule has 0 bridgehead atoms. The van der Waals surface area contributed by atoms with E-state index in [9.17, 15) is 4.79 Å². The van der Waals surface area contributed by atoms with Crippen LogP contribution in [0, 0.1) is 13.8 Å². The molecule has 1 atom stereocenters. The van der Waals surface area contributed by atoms with E-state index in [2.05, 4.69) is 61.7 Å². The number of unbranched alkanes of at least 4 members (excludes halogenated alkanes) is 2. The van der Waals surface area contributed by atoms with Crippen molar-refractivity contribution in [1.82, 2.24) is 9.55 Å². The highest BCUT2D eigenvalue weighted by molar-refractivity contribution is 5.98. The van der Waals surface area contributed by atoms with Crippen LogP contribution in [0.2, 0.25) is 0 Å². The number of benzene rings is 2. The Hall–Kier alpha value is -2.62. The van der Waals surface area contributed by atoms with E-state index in [1.807, 2.05) is 11.0 Å². The van der Waals surface area contributed by atoms with E-state index in [0.717, 1.165) is 41.1 Å². The lowest BCUT2D eigenvalue weighted by atomic mass is 10.1. The third-order valence-corrected chi connectivity index (χ3v) is 5.87. The van der Waals surface area contributed by atoms with Gasteiger partial charge < -0.3 is 9.47 Å². The fourth-order valence-electron chi connectivity index (χ4n) is 4.49. The molecule has 1 aliphatic heterocycles. The van der Waals surface area contributed by atoms with E-state index in [0.29, 0.717) is 13.0 Å². The highest BCUT2D eigenvalue weighted by Gasteiger charge is 2.35. The smallest absolute Gasteiger partial charge is 0.227 e. The molecular formula is C24H29N3O. The summed E-state index contributed by atoms with van der Waals surface area (Å²) in [6.45, 7) is 8.08. The second kappa shape index (κ2) is 7.78. The van der Waals surface area contributed by atoms with Gasteiger partial charge in [-0.3, -0.25) is 4.79 Å². The molecule has 28 heavy (non-hydrogen) atoms. The third kappa shape index (κ3) is 3.32. The van der Waals surface area contributed by atoms with Gasteiger partial charge in [-0.15, -0.1) is 0 Å². The molecule has 4 rings (SSSR count). The number of anilines is 1. The molecular weight excluding hydrogens is 346 g/mol. The van der Waals surface area contributed by atoms with Crippen molar-refractivity contribution in [3.8, 4) is 0 Å². The van der Waals surface area contributed by atoms with Crippen LogP contribution in [0.1, 0.15) is 55.5 Å². The minimum atomic E-state index is 0.139. The second-order valence-corrected chi connectivity index (χ2v) is 7.96. The number of fused-ring (bicyclic) bond motifs is 1. The first kappa shape index (κ1) is 18.7. The predicted molar refractivity (Wildman–Crippen MR) is 115 cm³/mol. The SMILES string of the molecule is CCCCCn1c([C@H]2CC(=O)N(c3c(C)cccc3C)C2)nc2ccccc21. The van der Waals surface area contributed by atoms with Crippen LogP contribution in [-0.2, 0) is 11.3 Å².